The number of alkyl halides is 2. The Morgan fingerprint density at radius 3 is 2.46 bits per heavy atom. The Kier molecular flexibility index (Phi) is 3.34. The van der Waals surface area contributed by atoms with Gasteiger partial charge in [0.2, 0.25) is 0 Å². The van der Waals surface area contributed by atoms with Crippen LogP contribution in [0.5, 0.6) is 0 Å². The molecule has 0 aromatic carbocycles. The number of hydrogen-bond donors (Lipinski definition) is 1. The van der Waals surface area contributed by atoms with E-state index in [-0.39, 0.29) is 0 Å². The molecule has 0 spiro atoms. The Labute approximate surface area is 93.9 Å². The summed E-state index contributed by atoms with van der Waals surface area (Å²) in [5, 5.41) is 3.56. The summed E-state index contributed by atoms with van der Waals surface area (Å²) in [6.45, 7) is 1.00. The normalized spacial score (nSPS) is 33.2. The Morgan fingerprint density at radius 2 is 1.92 bits per heavy atom. The zero-order valence-electron chi connectivity index (χ0n) is 7.56. The van der Waals surface area contributed by atoms with Gasteiger partial charge in [0, 0.05) is 18.5 Å². The largest absolute Gasteiger partial charge is 0.314 e. The number of rotatable bonds is 3. The van der Waals surface area contributed by atoms with Gasteiger partial charge < -0.3 is 5.32 Å². The molecule has 13 heavy (non-hydrogen) atoms. The van der Waals surface area contributed by atoms with Crippen LogP contribution in [-0.2, 0) is 0 Å². The van der Waals surface area contributed by atoms with Gasteiger partial charge in [0.1, 0.15) is 4.33 Å². The van der Waals surface area contributed by atoms with Crippen LogP contribution in [-0.4, -0.2) is 28.4 Å². The molecule has 2 aliphatic rings. The summed E-state index contributed by atoms with van der Waals surface area (Å²) >= 11 is 13.9. The molecule has 0 aromatic rings. The van der Waals surface area contributed by atoms with Crippen LogP contribution < -0.4 is 5.32 Å². The SMILES string of the molecule is ClC1(Cl)CC1CNC1CCSCC1. The first-order chi connectivity index (χ1) is 6.18. The zero-order valence-corrected chi connectivity index (χ0v) is 9.89. The van der Waals surface area contributed by atoms with Crippen LogP contribution in [0.3, 0.4) is 0 Å². The summed E-state index contributed by atoms with van der Waals surface area (Å²) in [5.41, 5.74) is 0. The van der Waals surface area contributed by atoms with Gasteiger partial charge in [0.25, 0.3) is 0 Å². The van der Waals surface area contributed by atoms with Gasteiger partial charge in [-0.2, -0.15) is 11.8 Å². The lowest BCUT2D eigenvalue weighted by atomic mass is 10.1. The first kappa shape index (κ1) is 10.4. The highest BCUT2D eigenvalue weighted by atomic mass is 35.5. The molecule has 1 heterocycles. The molecule has 1 nitrogen and oxygen atoms in total. The fourth-order valence-electron chi connectivity index (χ4n) is 1.70. The summed E-state index contributed by atoms with van der Waals surface area (Å²) in [6, 6.07) is 0.714. The molecule has 76 valence electrons. The Hall–Kier alpha value is 0.890. The van der Waals surface area contributed by atoms with E-state index in [1.807, 2.05) is 0 Å². The molecule has 4 heteroatoms. The molecule has 0 aromatic heterocycles. The lowest BCUT2D eigenvalue weighted by Crippen LogP contribution is -2.34. The monoisotopic (exact) mass is 239 g/mol. The molecule has 0 radical (unpaired) electrons. The van der Waals surface area contributed by atoms with E-state index >= 15 is 0 Å². The summed E-state index contributed by atoms with van der Waals surface area (Å²) in [6.07, 6.45) is 3.56. The van der Waals surface area contributed by atoms with Crippen molar-refractivity contribution in [2.24, 2.45) is 5.92 Å². The van der Waals surface area contributed by atoms with E-state index in [0.29, 0.717) is 12.0 Å². The third-order valence-corrected chi connectivity index (χ3v) is 4.80. The molecule has 1 atom stereocenters. The second-order valence-electron chi connectivity index (χ2n) is 3.96. The minimum atomic E-state index is -0.406. The lowest BCUT2D eigenvalue weighted by Gasteiger charge is -2.22. The number of hydrogen-bond acceptors (Lipinski definition) is 2. The Morgan fingerprint density at radius 1 is 1.31 bits per heavy atom. The summed E-state index contributed by atoms with van der Waals surface area (Å²) in [5.74, 6) is 3.09. The quantitative estimate of drug-likeness (QED) is 0.761. The van der Waals surface area contributed by atoms with Crippen molar-refractivity contribution in [3.8, 4) is 0 Å². The standard InChI is InChI=1S/C9H15Cl2NS/c10-9(11)5-7(9)6-12-8-1-3-13-4-2-8/h7-8,12H,1-6H2. The maximum absolute atomic E-state index is 5.95. The highest BCUT2D eigenvalue weighted by Crippen LogP contribution is 2.52. The van der Waals surface area contributed by atoms with Crippen molar-refractivity contribution in [1.29, 1.82) is 0 Å². The van der Waals surface area contributed by atoms with Gasteiger partial charge in [-0.15, -0.1) is 23.2 Å². The molecule has 1 saturated carbocycles. The number of thioether (sulfide) groups is 1. The summed E-state index contributed by atoms with van der Waals surface area (Å²) < 4.78 is -0.406. The highest BCUT2D eigenvalue weighted by Gasteiger charge is 2.51. The van der Waals surface area contributed by atoms with Crippen molar-refractivity contribution < 1.29 is 0 Å². The maximum Gasteiger partial charge on any atom is 0.122 e. The number of halogens is 2. The molecular weight excluding hydrogens is 225 g/mol. The van der Waals surface area contributed by atoms with Crippen LogP contribution in [0.4, 0.5) is 0 Å². The van der Waals surface area contributed by atoms with Gasteiger partial charge >= 0.3 is 0 Å². The molecule has 0 bridgehead atoms. The average molecular weight is 240 g/mol. The van der Waals surface area contributed by atoms with Gasteiger partial charge in [-0.3, -0.25) is 0 Å². The molecular formula is C9H15Cl2NS. The van der Waals surface area contributed by atoms with Crippen molar-refractivity contribution >= 4 is 35.0 Å². The predicted molar refractivity (Wildman–Crippen MR) is 60.9 cm³/mol. The minimum Gasteiger partial charge on any atom is -0.314 e. The van der Waals surface area contributed by atoms with Crippen LogP contribution in [0.15, 0.2) is 0 Å². The summed E-state index contributed by atoms with van der Waals surface area (Å²) in [7, 11) is 0. The van der Waals surface area contributed by atoms with Crippen molar-refractivity contribution in [3.05, 3.63) is 0 Å². The van der Waals surface area contributed by atoms with Crippen molar-refractivity contribution in [3.63, 3.8) is 0 Å². The van der Waals surface area contributed by atoms with Crippen LogP contribution >= 0.6 is 35.0 Å². The molecule has 2 rings (SSSR count). The second kappa shape index (κ2) is 4.18. The fraction of sp³-hybridized carbons (Fsp3) is 1.00. The Balaban J connectivity index is 1.62. The van der Waals surface area contributed by atoms with Crippen LogP contribution in [0.1, 0.15) is 19.3 Å². The van der Waals surface area contributed by atoms with Crippen molar-refractivity contribution in [2.75, 3.05) is 18.1 Å². The molecule has 1 aliphatic heterocycles. The van der Waals surface area contributed by atoms with Crippen molar-refractivity contribution in [1.82, 2.24) is 5.32 Å². The van der Waals surface area contributed by atoms with Gasteiger partial charge in [-0.25, -0.2) is 0 Å². The molecule has 1 N–H and O–H groups in total. The van der Waals surface area contributed by atoms with E-state index in [4.69, 9.17) is 23.2 Å². The van der Waals surface area contributed by atoms with E-state index < -0.39 is 4.33 Å². The first-order valence-electron chi connectivity index (χ1n) is 4.87. The lowest BCUT2D eigenvalue weighted by molar-refractivity contribution is 0.470. The van der Waals surface area contributed by atoms with Crippen molar-refractivity contribution in [2.45, 2.75) is 29.6 Å². The molecule has 2 fully saturated rings. The molecule has 0 amide bonds. The van der Waals surface area contributed by atoms with E-state index in [1.54, 1.807) is 0 Å². The average Bonchev–Trinajstić information content (AvgIpc) is 2.73. The van der Waals surface area contributed by atoms with Crippen LogP contribution in [0.2, 0.25) is 0 Å². The number of nitrogens with one attached hydrogen (secondary N) is 1. The van der Waals surface area contributed by atoms with Crippen LogP contribution in [0.25, 0.3) is 0 Å². The van der Waals surface area contributed by atoms with Gasteiger partial charge in [-0.05, 0) is 30.8 Å². The third-order valence-electron chi connectivity index (χ3n) is 2.83. The van der Waals surface area contributed by atoms with Gasteiger partial charge in [0.15, 0.2) is 0 Å². The highest BCUT2D eigenvalue weighted by molar-refractivity contribution is 7.99. The smallest absolute Gasteiger partial charge is 0.122 e. The summed E-state index contributed by atoms with van der Waals surface area (Å²) in [4.78, 5) is 0. The van der Waals surface area contributed by atoms with E-state index in [2.05, 4.69) is 17.1 Å². The maximum atomic E-state index is 5.95. The predicted octanol–water partition coefficient (Wildman–Crippen LogP) is 2.67. The Bertz CT molecular complexity index is 180. The van der Waals surface area contributed by atoms with Gasteiger partial charge in [0.05, 0.1) is 0 Å². The van der Waals surface area contributed by atoms with E-state index in [0.717, 1.165) is 13.0 Å². The molecule has 1 unspecified atom stereocenters. The first-order valence-corrected chi connectivity index (χ1v) is 6.78. The molecule has 1 saturated heterocycles. The van der Waals surface area contributed by atoms with E-state index in [1.165, 1.54) is 24.3 Å². The topological polar surface area (TPSA) is 12.0 Å². The van der Waals surface area contributed by atoms with Gasteiger partial charge in [-0.1, -0.05) is 0 Å². The fourth-order valence-corrected chi connectivity index (χ4v) is 3.34. The third kappa shape index (κ3) is 2.92. The zero-order chi connectivity index (χ0) is 9.31. The second-order valence-corrected chi connectivity index (χ2v) is 6.72. The minimum absolute atomic E-state index is 0.406. The molecule has 1 aliphatic carbocycles. The van der Waals surface area contributed by atoms with Crippen LogP contribution in [0, 0.1) is 5.92 Å². The van der Waals surface area contributed by atoms with E-state index in [9.17, 15) is 0 Å².